The molecule has 114 valence electrons. The van der Waals surface area contributed by atoms with E-state index < -0.39 is 7.32 Å². The van der Waals surface area contributed by atoms with Gasteiger partial charge in [-0.15, -0.1) is 0 Å². The minimum atomic E-state index is -1.83. The van der Waals surface area contributed by atoms with Gasteiger partial charge in [0, 0.05) is 6.42 Å². The molecule has 6 heteroatoms. The van der Waals surface area contributed by atoms with Crippen LogP contribution in [0.5, 0.6) is 5.75 Å². The van der Waals surface area contributed by atoms with Gasteiger partial charge in [-0.1, -0.05) is 42.5 Å². The highest BCUT2D eigenvalue weighted by Gasteiger charge is 2.11. The topological polar surface area (TPSA) is 76.0 Å². The average molecular weight is 300 g/mol. The molecule has 2 rings (SSSR count). The molecule has 0 aliphatic rings. The zero-order valence-electron chi connectivity index (χ0n) is 12.0. The monoisotopic (exact) mass is 300 g/mol. The molecule has 0 bridgehead atoms. The lowest BCUT2D eigenvalue weighted by Gasteiger charge is -2.07. The Labute approximate surface area is 129 Å². The van der Waals surface area contributed by atoms with E-state index in [-0.39, 0.29) is 19.0 Å². The van der Waals surface area contributed by atoms with E-state index >= 15 is 0 Å². The van der Waals surface area contributed by atoms with E-state index in [1.165, 1.54) is 0 Å². The first-order valence-electron chi connectivity index (χ1n) is 6.95. The molecular weight excluding hydrogens is 283 g/mol. The smallest absolute Gasteiger partial charge is 0.512 e. The normalized spacial score (nSPS) is 10.1. The maximum Gasteiger partial charge on any atom is 0.707 e. The van der Waals surface area contributed by atoms with Crippen LogP contribution in [0, 0.1) is 0 Å². The first-order valence-corrected chi connectivity index (χ1v) is 6.95. The van der Waals surface area contributed by atoms with Gasteiger partial charge in [0.2, 0.25) is 0 Å². The molecule has 0 saturated heterocycles. The summed E-state index contributed by atoms with van der Waals surface area (Å²) in [6.45, 7) is 0.279. The maximum absolute atomic E-state index is 11.7. The molecular formula is C16H17BO5. The van der Waals surface area contributed by atoms with E-state index in [2.05, 4.69) is 0 Å². The van der Waals surface area contributed by atoms with Crippen LogP contribution in [0.25, 0.3) is 0 Å². The summed E-state index contributed by atoms with van der Waals surface area (Å²) < 4.78 is 9.90. The fraction of sp³-hybridized carbons (Fsp3) is 0.188. The molecule has 0 amide bonds. The number of aryl methyl sites for hydroxylation is 1. The molecule has 0 saturated carbocycles. The van der Waals surface area contributed by atoms with Crippen LogP contribution in [0.1, 0.15) is 17.5 Å². The fourth-order valence-electron chi connectivity index (χ4n) is 1.91. The van der Waals surface area contributed by atoms with Crippen molar-refractivity contribution in [1.82, 2.24) is 0 Å². The summed E-state index contributed by atoms with van der Waals surface area (Å²) in [6.07, 6.45) is 0.839. The number of benzene rings is 2. The van der Waals surface area contributed by atoms with Crippen LogP contribution in [-0.2, 0) is 22.6 Å². The second kappa shape index (κ2) is 8.21. The summed E-state index contributed by atoms with van der Waals surface area (Å²) in [7, 11) is -1.83. The molecule has 0 aliphatic carbocycles. The van der Waals surface area contributed by atoms with Crippen molar-refractivity contribution in [3.8, 4) is 5.75 Å². The Balaban J connectivity index is 1.74. The van der Waals surface area contributed by atoms with E-state index in [0.29, 0.717) is 12.2 Å². The number of carbonyl (C=O) groups excluding carboxylic acids is 1. The molecule has 2 aromatic carbocycles. The lowest BCUT2D eigenvalue weighted by atomic mass is 10.1. The molecule has 0 aromatic heterocycles. The Kier molecular flexibility index (Phi) is 6.00. The van der Waals surface area contributed by atoms with Crippen LogP contribution in [0.15, 0.2) is 54.6 Å². The quantitative estimate of drug-likeness (QED) is 0.601. The van der Waals surface area contributed by atoms with E-state index in [4.69, 9.17) is 19.4 Å². The third-order valence-electron chi connectivity index (χ3n) is 3.03. The van der Waals surface area contributed by atoms with Crippen molar-refractivity contribution in [3.05, 3.63) is 65.7 Å². The first-order chi connectivity index (χ1) is 10.6. The Morgan fingerprint density at radius 2 is 1.64 bits per heavy atom. The zero-order valence-corrected chi connectivity index (χ0v) is 12.0. The Hall–Kier alpha value is -2.31. The van der Waals surface area contributed by atoms with E-state index in [1.54, 1.807) is 24.3 Å². The number of rotatable bonds is 7. The molecule has 0 radical (unpaired) electrons. The summed E-state index contributed by atoms with van der Waals surface area (Å²) in [4.78, 5) is 11.7. The summed E-state index contributed by atoms with van der Waals surface area (Å²) in [5, 5.41) is 17.4. The first kappa shape index (κ1) is 16.1. The van der Waals surface area contributed by atoms with Crippen molar-refractivity contribution in [2.45, 2.75) is 19.4 Å². The lowest BCUT2D eigenvalue weighted by molar-refractivity contribution is -0.144. The van der Waals surface area contributed by atoms with Crippen LogP contribution in [-0.4, -0.2) is 23.3 Å². The zero-order chi connectivity index (χ0) is 15.8. The van der Waals surface area contributed by atoms with Gasteiger partial charge in [0.05, 0.1) is 0 Å². The minimum absolute atomic E-state index is 0.255. The van der Waals surface area contributed by atoms with Crippen LogP contribution in [0.3, 0.4) is 0 Å². The third kappa shape index (κ3) is 5.59. The summed E-state index contributed by atoms with van der Waals surface area (Å²) in [5.41, 5.74) is 1.90. The predicted octanol–water partition coefficient (Wildman–Crippen LogP) is 1.71. The average Bonchev–Trinajstić information content (AvgIpc) is 2.53. The van der Waals surface area contributed by atoms with Crippen molar-refractivity contribution in [1.29, 1.82) is 0 Å². The van der Waals surface area contributed by atoms with Gasteiger partial charge in [-0.25, -0.2) is 0 Å². The van der Waals surface area contributed by atoms with E-state index in [0.717, 1.165) is 11.1 Å². The highest BCUT2D eigenvalue weighted by atomic mass is 16.6. The molecule has 0 unspecified atom stereocenters. The second-order valence-electron chi connectivity index (χ2n) is 4.73. The van der Waals surface area contributed by atoms with Gasteiger partial charge in [-0.2, -0.15) is 0 Å². The number of carbonyl (C=O) groups is 1. The number of esters is 1. The Morgan fingerprint density at radius 3 is 2.27 bits per heavy atom. The molecule has 22 heavy (non-hydrogen) atoms. The van der Waals surface area contributed by atoms with Crippen LogP contribution < -0.4 is 4.65 Å². The van der Waals surface area contributed by atoms with Crippen molar-refractivity contribution < 1.29 is 24.2 Å². The number of hydrogen-bond acceptors (Lipinski definition) is 5. The molecule has 0 fully saturated rings. The second-order valence-corrected chi connectivity index (χ2v) is 4.73. The van der Waals surface area contributed by atoms with Crippen molar-refractivity contribution in [3.63, 3.8) is 0 Å². The number of hydrogen-bond donors (Lipinski definition) is 2. The van der Waals surface area contributed by atoms with Crippen molar-refractivity contribution in [2.75, 3.05) is 0 Å². The van der Waals surface area contributed by atoms with Gasteiger partial charge in [0.15, 0.2) is 0 Å². The molecule has 2 aromatic rings. The summed E-state index contributed by atoms with van der Waals surface area (Å²) >= 11 is 0. The Morgan fingerprint density at radius 1 is 0.955 bits per heavy atom. The van der Waals surface area contributed by atoms with Gasteiger partial charge in [-0.05, 0) is 29.7 Å². The van der Waals surface area contributed by atoms with Gasteiger partial charge >= 0.3 is 13.3 Å². The third-order valence-corrected chi connectivity index (χ3v) is 3.03. The van der Waals surface area contributed by atoms with Crippen molar-refractivity contribution in [2.24, 2.45) is 0 Å². The van der Waals surface area contributed by atoms with Gasteiger partial charge < -0.3 is 19.4 Å². The molecule has 2 N–H and O–H groups in total. The SMILES string of the molecule is O=C(CCc1ccc(OB(O)O)cc1)OCc1ccccc1. The molecule has 0 aliphatic heterocycles. The standard InChI is InChI=1S/C16H17BO5/c18-16(21-12-14-4-2-1-3-5-14)11-8-13-6-9-15(10-7-13)22-17(19)20/h1-7,9-10,19-20H,8,11-12H2. The Bertz CT molecular complexity index is 583. The molecule has 0 atom stereocenters. The fourth-order valence-corrected chi connectivity index (χ4v) is 1.91. The minimum Gasteiger partial charge on any atom is -0.512 e. The number of ether oxygens (including phenoxy) is 1. The highest BCUT2D eigenvalue weighted by Crippen LogP contribution is 2.14. The van der Waals surface area contributed by atoms with Gasteiger partial charge in [0.1, 0.15) is 12.4 Å². The highest BCUT2D eigenvalue weighted by molar-refractivity contribution is 6.33. The molecule has 5 nitrogen and oxygen atoms in total. The van der Waals surface area contributed by atoms with E-state index in [9.17, 15) is 4.79 Å². The predicted molar refractivity (Wildman–Crippen MR) is 81.8 cm³/mol. The van der Waals surface area contributed by atoms with Gasteiger partial charge in [-0.3, -0.25) is 4.79 Å². The van der Waals surface area contributed by atoms with Crippen molar-refractivity contribution >= 4 is 13.3 Å². The molecule has 0 spiro atoms. The maximum atomic E-state index is 11.7. The van der Waals surface area contributed by atoms with Crippen LogP contribution in [0.2, 0.25) is 0 Å². The summed E-state index contributed by atoms with van der Waals surface area (Å²) in [5.74, 6) is 0.0976. The molecule has 0 heterocycles. The lowest BCUT2D eigenvalue weighted by Crippen LogP contribution is -2.20. The van der Waals surface area contributed by atoms with Crippen LogP contribution >= 0.6 is 0 Å². The largest absolute Gasteiger partial charge is 0.707 e. The van der Waals surface area contributed by atoms with Crippen LogP contribution in [0.4, 0.5) is 0 Å². The van der Waals surface area contributed by atoms with E-state index in [1.807, 2.05) is 30.3 Å². The summed E-state index contributed by atoms with van der Waals surface area (Å²) in [6, 6.07) is 16.3. The van der Waals surface area contributed by atoms with Gasteiger partial charge in [0.25, 0.3) is 0 Å².